The van der Waals surface area contributed by atoms with E-state index in [0.29, 0.717) is 5.82 Å². The molecule has 65 heavy (non-hydrogen) atoms. The van der Waals surface area contributed by atoms with Crippen molar-refractivity contribution in [2.75, 3.05) is 0 Å². The van der Waals surface area contributed by atoms with Crippen molar-refractivity contribution in [1.29, 1.82) is 0 Å². The van der Waals surface area contributed by atoms with Crippen LogP contribution >= 0.6 is 0 Å². The average molecular weight is 827 g/mol. The Labute approximate surface area is 375 Å². The predicted molar refractivity (Wildman–Crippen MR) is 271 cm³/mol. The highest BCUT2D eigenvalue weighted by atomic mass is 15.0. The van der Waals surface area contributed by atoms with Gasteiger partial charge in [0.2, 0.25) is 0 Å². The quantitative estimate of drug-likeness (QED) is 0.157. The van der Waals surface area contributed by atoms with E-state index in [1.54, 1.807) is 0 Å². The first-order chi connectivity index (χ1) is 32.2. The van der Waals surface area contributed by atoms with Crippen LogP contribution in [0, 0.1) is 0 Å². The molecule has 13 aromatic rings. The summed E-state index contributed by atoms with van der Waals surface area (Å²) in [4.78, 5) is 16.1. The van der Waals surface area contributed by atoms with Gasteiger partial charge in [-0.05, 0) is 69.6 Å². The van der Waals surface area contributed by atoms with E-state index in [0.717, 1.165) is 72.4 Å². The van der Waals surface area contributed by atoms with E-state index in [9.17, 15) is 0 Å². The summed E-state index contributed by atoms with van der Waals surface area (Å²) in [5.74, 6) is 0.677. The van der Waals surface area contributed by atoms with Crippen LogP contribution in [-0.2, 0) is 0 Å². The van der Waals surface area contributed by atoms with Gasteiger partial charge in [-0.1, -0.05) is 188 Å². The fourth-order valence-electron chi connectivity index (χ4n) is 9.85. The molecule has 10 aromatic carbocycles. The minimum atomic E-state index is 0.677. The molecular formula is C61H38N4. The molecule has 0 aliphatic heterocycles. The van der Waals surface area contributed by atoms with Crippen LogP contribution in [0.25, 0.3) is 127 Å². The molecule has 0 aliphatic carbocycles. The molecule has 13 rings (SSSR count). The lowest BCUT2D eigenvalue weighted by Gasteiger charge is -2.15. The van der Waals surface area contributed by atoms with E-state index < -0.39 is 0 Å². The molecule has 0 saturated heterocycles. The standard InChI is InChI=1S/C61H38N4/c1-3-16-42(17-4-1)59-52-34-35-56-58(50-22-11-12-25-55(50)65(56)48-20-5-2-6-21-48)57(52)51-24-13-23-49(60(51)64-59)41-28-30-43(31-29-41)61-62-53(46-32-26-39-14-7-9-18-44(39)36-46)38-54(63-61)47-33-27-40-15-8-10-19-45(40)37-47/h1-38H. The summed E-state index contributed by atoms with van der Waals surface area (Å²) >= 11 is 0. The van der Waals surface area contributed by atoms with Crippen molar-refractivity contribution in [3.63, 3.8) is 0 Å². The van der Waals surface area contributed by atoms with Gasteiger partial charge in [0, 0.05) is 60.4 Å². The van der Waals surface area contributed by atoms with Crippen LogP contribution in [-0.4, -0.2) is 19.5 Å². The SMILES string of the molecule is c1ccc(-c2nc3c(-c4ccc(-c5nc(-c6ccc7ccccc7c6)cc(-c6ccc7ccccc7c6)n5)cc4)cccc3c3c2ccc2c3c3ccccc3n2-c2ccccc2)cc1. The summed E-state index contributed by atoms with van der Waals surface area (Å²) in [5.41, 5.74) is 13.4. The maximum atomic E-state index is 5.58. The number of pyridine rings is 1. The lowest BCUT2D eigenvalue weighted by Crippen LogP contribution is -1.96. The molecule has 0 fully saturated rings. The summed E-state index contributed by atoms with van der Waals surface area (Å²) in [6.07, 6.45) is 0. The number of benzene rings is 10. The van der Waals surface area contributed by atoms with Gasteiger partial charge >= 0.3 is 0 Å². The number of hydrogen-bond acceptors (Lipinski definition) is 3. The number of aromatic nitrogens is 4. The van der Waals surface area contributed by atoms with Gasteiger partial charge < -0.3 is 4.57 Å². The number of para-hydroxylation sites is 3. The van der Waals surface area contributed by atoms with Gasteiger partial charge in [0.15, 0.2) is 5.82 Å². The molecule has 0 radical (unpaired) electrons. The smallest absolute Gasteiger partial charge is 0.160 e. The van der Waals surface area contributed by atoms with Crippen molar-refractivity contribution in [2.24, 2.45) is 0 Å². The van der Waals surface area contributed by atoms with Crippen molar-refractivity contribution >= 4 is 65.0 Å². The molecule has 0 saturated carbocycles. The first kappa shape index (κ1) is 36.9. The van der Waals surface area contributed by atoms with Crippen molar-refractivity contribution in [3.05, 3.63) is 231 Å². The number of hydrogen-bond donors (Lipinski definition) is 0. The molecule has 0 unspecified atom stereocenters. The Morgan fingerprint density at radius 3 is 1.57 bits per heavy atom. The number of fused-ring (bicyclic) bond motifs is 9. The van der Waals surface area contributed by atoms with E-state index in [4.69, 9.17) is 15.0 Å². The Morgan fingerprint density at radius 1 is 0.308 bits per heavy atom. The Kier molecular flexibility index (Phi) is 8.50. The van der Waals surface area contributed by atoms with E-state index in [1.165, 1.54) is 48.7 Å². The van der Waals surface area contributed by atoms with Crippen LogP contribution in [0.15, 0.2) is 231 Å². The van der Waals surface area contributed by atoms with Crippen LogP contribution in [0.1, 0.15) is 0 Å². The maximum absolute atomic E-state index is 5.58. The van der Waals surface area contributed by atoms with Gasteiger partial charge in [0.1, 0.15) is 0 Å². The van der Waals surface area contributed by atoms with Crippen LogP contribution in [0.3, 0.4) is 0 Å². The summed E-state index contributed by atoms with van der Waals surface area (Å²) in [7, 11) is 0. The van der Waals surface area contributed by atoms with Crippen LogP contribution in [0.2, 0.25) is 0 Å². The first-order valence-corrected chi connectivity index (χ1v) is 22.1. The Hall–Kier alpha value is -8.73. The summed E-state index contributed by atoms with van der Waals surface area (Å²) < 4.78 is 2.39. The lowest BCUT2D eigenvalue weighted by molar-refractivity contribution is 1.18. The molecule has 302 valence electrons. The fourth-order valence-corrected chi connectivity index (χ4v) is 9.85. The molecule has 0 atom stereocenters. The molecule has 0 aliphatic rings. The average Bonchev–Trinajstić information content (AvgIpc) is 3.73. The molecule has 3 aromatic heterocycles. The molecule has 0 amide bonds. The zero-order valence-corrected chi connectivity index (χ0v) is 35.2. The van der Waals surface area contributed by atoms with Gasteiger partial charge in [-0.3, -0.25) is 0 Å². The zero-order valence-electron chi connectivity index (χ0n) is 35.2. The summed E-state index contributed by atoms with van der Waals surface area (Å²) in [6, 6.07) is 82.1. The van der Waals surface area contributed by atoms with E-state index in [1.807, 2.05) is 0 Å². The Bertz CT molecular complexity index is 3890. The van der Waals surface area contributed by atoms with Crippen LogP contribution < -0.4 is 0 Å². The highest BCUT2D eigenvalue weighted by molar-refractivity contribution is 6.30. The number of nitrogens with zero attached hydrogens (tertiary/aromatic N) is 4. The molecular weight excluding hydrogens is 789 g/mol. The van der Waals surface area contributed by atoms with Gasteiger partial charge in [-0.25, -0.2) is 15.0 Å². The normalized spacial score (nSPS) is 11.7. The molecule has 3 heterocycles. The Morgan fingerprint density at radius 2 is 0.877 bits per heavy atom. The summed E-state index contributed by atoms with van der Waals surface area (Å²) in [5, 5.41) is 10.7. The molecule has 0 bridgehead atoms. The molecule has 0 spiro atoms. The topological polar surface area (TPSA) is 43.6 Å². The third-order valence-electron chi connectivity index (χ3n) is 13.0. The van der Waals surface area contributed by atoms with Crippen LogP contribution in [0.5, 0.6) is 0 Å². The second kappa shape index (κ2) is 15.0. The van der Waals surface area contributed by atoms with Gasteiger partial charge in [0.25, 0.3) is 0 Å². The highest BCUT2D eigenvalue weighted by Crippen LogP contribution is 2.44. The Balaban J connectivity index is 1.00. The van der Waals surface area contributed by atoms with E-state index in [2.05, 4.69) is 235 Å². The molecule has 4 heteroatoms. The maximum Gasteiger partial charge on any atom is 0.160 e. The van der Waals surface area contributed by atoms with Crippen molar-refractivity contribution in [1.82, 2.24) is 19.5 Å². The van der Waals surface area contributed by atoms with Gasteiger partial charge in [-0.15, -0.1) is 0 Å². The van der Waals surface area contributed by atoms with Crippen molar-refractivity contribution in [2.45, 2.75) is 0 Å². The second-order valence-electron chi connectivity index (χ2n) is 16.8. The van der Waals surface area contributed by atoms with E-state index >= 15 is 0 Å². The predicted octanol–water partition coefficient (Wildman–Crippen LogP) is 15.9. The summed E-state index contributed by atoms with van der Waals surface area (Å²) in [6.45, 7) is 0. The lowest BCUT2D eigenvalue weighted by atomic mass is 9.93. The minimum absolute atomic E-state index is 0.677. The zero-order chi connectivity index (χ0) is 42.8. The van der Waals surface area contributed by atoms with Crippen molar-refractivity contribution in [3.8, 4) is 62.0 Å². The van der Waals surface area contributed by atoms with Crippen LogP contribution in [0.4, 0.5) is 0 Å². The fraction of sp³-hybridized carbons (Fsp3) is 0. The third-order valence-corrected chi connectivity index (χ3v) is 13.0. The number of rotatable bonds is 6. The highest BCUT2D eigenvalue weighted by Gasteiger charge is 2.21. The third kappa shape index (κ3) is 6.18. The largest absolute Gasteiger partial charge is 0.309 e. The van der Waals surface area contributed by atoms with Gasteiger partial charge in [0.05, 0.1) is 33.6 Å². The molecule has 0 N–H and O–H groups in total. The second-order valence-corrected chi connectivity index (χ2v) is 16.8. The first-order valence-electron chi connectivity index (χ1n) is 22.1. The van der Waals surface area contributed by atoms with Crippen molar-refractivity contribution < 1.29 is 0 Å². The monoisotopic (exact) mass is 826 g/mol. The van der Waals surface area contributed by atoms with E-state index in [-0.39, 0.29) is 0 Å². The van der Waals surface area contributed by atoms with Gasteiger partial charge in [-0.2, -0.15) is 0 Å². The minimum Gasteiger partial charge on any atom is -0.309 e. The molecule has 4 nitrogen and oxygen atoms in total.